The van der Waals surface area contributed by atoms with Gasteiger partial charge in [-0.25, -0.2) is 4.98 Å². The maximum absolute atomic E-state index is 10.5. The molecule has 0 bridgehead atoms. The van der Waals surface area contributed by atoms with Crippen molar-refractivity contribution in [1.82, 2.24) is 14.5 Å². The molecule has 34 heavy (non-hydrogen) atoms. The third-order valence-electron chi connectivity index (χ3n) is 5.65. The summed E-state index contributed by atoms with van der Waals surface area (Å²) in [5, 5.41) is 20.0. The molecule has 0 saturated carbocycles. The van der Waals surface area contributed by atoms with E-state index < -0.39 is 0 Å². The molecule has 0 aliphatic carbocycles. The van der Waals surface area contributed by atoms with Gasteiger partial charge in [0.25, 0.3) is 0 Å². The summed E-state index contributed by atoms with van der Waals surface area (Å²) < 4.78 is 2.14. The van der Waals surface area contributed by atoms with Gasteiger partial charge in [-0.3, -0.25) is 4.98 Å². The zero-order chi connectivity index (χ0) is 22.9. The molecule has 2 heterocycles. The predicted octanol–water partition coefficient (Wildman–Crippen LogP) is 6.39. The van der Waals surface area contributed by atoms with E-state index in [1.54, 1.807) is 30.5 Å². The molecule has 5 rings (SSSR count). The average molecular weight is 625 g/mol. The Morgan fingerprint density at radius 1 is 0.912 bits per heavy atom. The van der Waals surface area contributed by atoms with Gasteiger partial charge >= 0.3 is 0 Å². The molecule has 170 valence electrons. The SMILES string of the molecule is CC(C)n1c(-c2ccccc2O)nc2c(-c3[c-]c(-c4ncccc4C#N)ccc3)cccc21.[Pt]. The summed E-state index contributed by atoms with van der Waals surface area (Å²) >= 11 is 0. The summed E-state index contributed by atoms with van der Waals surface area (Å²) in [6, 6.07) is 28.5. The Bertz CT molecular complexity index is 1530. The van der Waals surface area contributed by atoms with Crippen LogP contribution in [0.2, 0.25) is 0 Å². The van der Waals surface area contributed by atoms with Gasteiger partial charge in [0.1, 0.15) is 11.6 Å². The molecule has 0 amide bonds. The molecule has 1 N–H and O–H groups in total. The summed E-state index contributed by atoms with van der Waals surface area (Å²) in [6.07, 6.45) is 1.68. The van der Waals surface area contributed by atoms with E-state index in [1.165, 1.54) is 0 Å². The number of aromatic hydroxyl groups is 1. The van der Waals surface area contributed by atoms with E-state index in [-0.39, 0.29) is 32.9 Å². The number of para-hydroxylation sites is 2. The molecule has 5 nitrogen and oxygen atoms in total. The summed E-state index contributed by atoms with van der Waals surface area (Å²) in [4.78, 5) is 9.40. The Kier molecular flexibility index (Phi) is 6.63. The number of imidazole rings is 1. The van der Waals surface area contributed by atoms with Gasteiger partial charge in [0, 0.05) is 44.6 Å². The number of phenols is 1. The Labute approximate surface area is 212 Å². The molecule has 2 aromatic heterocycles. The van der Waals surface area contributed by atoms with Gasteiger partial charge in [0.15, 0.2) is 0 Å². The van der Waals surface area contributed by atoms with Crippen molar-refractivity contribution in [3.05, 3.63) is 90.6 Å². The van der Waals surface area contributed by atoms with Crippen LogP contribution < -0.4 is 0 Å². The van der Waals surface area contributed by atoms with E-state index in [2.05, 4.69) is 35.5 Å². The molecule has 6 heteroatoms. The number of pyridine rings is 1. The summed E-state index contributed by atoms with van der Waals surface area (Å²) in [7, 11) is 0. The number of phenolic OH excluding ortho intramolecular Hbond substituents is 1. The minimum Gasteiger partial charge on any atom is -0.507 e. The number of rotatable bonds is 4. The fraction of sp³-hybridized carbons (Fsp3) is 0.107. The summed E-state index contributed by atoms with van der Waals surface area (Å²) in [5.74, 6) is 0.919. The third kappa shape index (κ3) is 4.02. The van der Waals surface area contributed by atoms with E-state index in [4.69, 9.17) is 4.98 Å². The van der Waals surface area contributed by atoms with Crippen molar-refractivity contribution in [2.75, 3.05) is 0 Å². The first-order valence-electron chi connectivity index (χ1n) is 10.8. The van der Waals surface area contributed by atoms with Gasteiger partial charge in [0.2, 0.25) is 0 Å². The largest absolute Gasteiger partial charge is 0.507 e. The van der Waals surface area contributed by atoms with Crippen LogP contribution in [0.4, 0.5) is 0 Å². The quantitative estimate of drug-likeness (QED) is 0.235. The Morgan fingerprint density at radius 3 is 2.41 bits per heavy atom. The minimum atomic E-state index is 0. The fourth-order valence-corrected chi connectivity index (χ4v) is 4.18. The van der Waals surface area contributed by atoms with Gasteiger partial charge in [-0.15, -0.1) is 29.8 Å². The first kappa shape index (κ1) is 23.4. The zero-order valence-corrected chi connectivity index (χ0v) is 20.9. The molecule has 5 aromatic rings. The van der Waals surface area contributed by atoms with E-state index in [0.29, 0.717) is 16.8 Å². The number of nitriles is 1. The van der Waals surface area contributed by atoms with Crippen molar-refractivity contribution < 1.29 is 26.2 Å². The van der Waals surface area contributed by atoms with E-state index in [0.717, 1.165) is 33.5 Å². The van der Waals surface area contributed by atoms with E-state index in [9.17, 15) is 10.4 Å². The first-order chi connectivity index (χ1) is 16.1. The fourth-order valence-electron chi connectivity index (χ4n) is 4.18. The van der Waals surface area contributed by atoms with Crippen LogP contribution in [0.15, 0.2) is 79.0 Å². The second-order valence-corrected chi connectivity index (χ2v) is 8.08. The Morgan fingerprint density at radius 2 is 1.65 bits per heavy atom. The number of nitrogens with zero attached hydrogens (tertiary/aromatic N) is 4. The van der Waals surface area contributed by atoms with Gasteiger partial charge < -0.3 is 9.67 Å². The van der Waals surface area contributed by atoms with E-state index in [1.807, 2.05) is 48.5 Å². The standard InChI is InChI=1S/C28H21N4O.Pt/c1-18(2)32-24-13-6-12-22(27(24)31-28(32)23-11-3-4-14-25(23)33)19-8-5-9-20(16-19)26-21(17-29)10-7-15-30-26;/h3-15,18,33H,1-2H3;/q-1;. The minimum absolute atomic E-state index is 0. The van der Waals surface area contributed by atoms with Crippen LogP contribution in [-0.2, 0) is 21.1 Å². The summed E-state index contributed by atoms with van der Waals surface area (Å²) in [6.45, 7) is 4.21. The molecular formula is C28H21N4OPt-. The van der Waals surface area contributed by atoms with Gasteiger partial charge in [-0.1, -0.05) is 35.4 Å². The molecular weight excluding hydrogens is 603 g/mol. The molecule has 0 atom stereocenters. The number of hydrogen-bond donors (Lipinski definition) is 1. The van der Waals surface area contributed by atoms with Crippen molar-refractivity contribution in [1.29, 1.82) is 5.26 Å². The van der Waals surface area contributed by atoms with Crippen LogP contribution in [0.25, 0.3) is 44.8 Å². The predicted molar refractivity (Wildman–Crippen MR) is 129 cm³/mol. The van der Waals surface area contributed by atoms with Crippen molar-refractivity contribution in [2.24, 2.45) is 0 Å². The second-order valence-electron chi connectivity index (χ2n) is 8.08. The van der Waals surface area contributed by atoms with Crippen LogP contribution in [0.1, 0.15) is 25.5 Å². The van der Waals surface area contributed by atoms with E-state index >= 15 is 0 Å². The first-order valence-corrected chi connectivity index (χ1v) is 10.8. The number of benzene rings is 3. The Hall–Kier alpha value is -3.74. The van der Waals surface area contributed by atoms with Gasteiger partial charge in [-0.05, 0) is 44.2 Å². The van der Waals surface area contributed by atoms with Crippen LogP contribution in [0.3, 0.4) is 0 Å². The molecule has 0 unspecified atom stereocenters. The molecule has 0 fully saturated rings. The topological polar surface area (TPSA) is 74.7 Å². The third-order valence-corrected chi connectivity index (χ3v) is 5.65. The van der Waals surface area contributed by atoms with Crippen molar-refractivity contribution >= 4 is 11.0 Å². The van der Waals surface area contributed by atoms with Crippen molar-refractivity contribution in [3.8, 4) is 45.6 Å². The van der Waals surface area contributed by atoms with Crippen molar-refractivity contribution in [3.63, 3.8) is 0 Å². The maximum atomic E-state index is 10.5. The summed E-state index contributed by atoms with van der Waals surface area (Å²) in [5.41, 5.74) is 6.18. The zero-order valence-electron chi connectivity index (χ0n) is 18.6. The molecule has 0 spiro atoms. The molecule has 0 aliphatic rings. The second kappa shape index (κ2) is 9.63. The number of aromatic nitrogens is 3. The Balaban J connectivity index is 0.00000274. The average Bonchev–Trinajstić information content (AvgIpc) is 3.24. The van der Waals surface area contributed by atoms with Crippen LogP contribution in [0.5, 0.6) is 5.75 Å². The molecule has 0 radical (unpaired) electrons. The number of hydrogen-bond acceptors (Lipinski definition) is 4. The maximum Gasteiger partial charge on any atom is 0.144 e. The molecule has 3 aromatic carbocycles. The van der Waals surface area contributed by atoms with Gasteiger partial charge in [-0.2, -0.15) is 5.26 Å². The molecule has 0 aliphatic heterocycles. The monoisotopic (exact) mass is 624 g/mol. The van der Waals surface area contributed by atoms with Gasteiger partial charge in [0.05, 0.1) is 22.7 Å². The van der Waals surface area contributed by atoms with Crippen molar-refractivity contribution in [2.45, 2.75) is 19.9 Å². The normalized spacial score (nSPS) is 10.8. The van der Waals surface area contributed by atoms with Crippen LogP contribution >= 0.6 is 0 Å². The van der Waals surface area contributed by atoms with Crippen LogP contribution in [-0.4, -0.2) is 19.6 Å². The molecule has 0 saturated heterocycles. The smallest absolute Gasteiger partial charge is 0.144 e. The van der Waals surface area contributed by atoms with Crippen LogP contribution in [0, 0.1) is 17.4 Å². The number of fused-ring (bicyclic) bond motifs is 1.